The van der Waals surface area contributed by atoms with Gasteiger partial charge >= 0.3 is 0 Å². The molecular formula is C16H18ClN3O3S. The topological polar surface area (TPSA) is 84.1 Å². The largest absolute Gasteiger partial charge is 0.495 e. The Morgan fingerprint density at radius 1 is 1.42 bits per heavy atom. The van der Waals surface area contributed by atoms with Crippen LogP contribution in [0.15, 0.2) is 28.2 Å². The number of halogens is 1. The number of ether oxygens (including phenoxy) is 1. The van der Waals surface area contributed by atoms with Gasteiger partial charge in [-0.3, -0.25) is 9.59 Å². The maximum atomic E-state index is 12.1. The van der Waals surface area contributed by atoms with Crippen LogP contribution in [-0.4, -0.2) is 28.7 Å². The van der Waals surface area contributed by atoms with Crippen LogP contribution in [0.25, 0.3) is 0 Å². The number of carbonyl (C=O) groups is 1. The third-order valence-electron chi connectivity index (χ3n) is 3.23. The highest BCUT2D eigenvalue weighted by Gasteiger charge is 2.11. The molecule has 0 aliphatic rings. The second kappa shape index (κ2) is 8.21. The molecule has 0 unspecified atom stereocenters. The molecule has 1 heterocycles. The molecule has 0 saturated carbocycles. The van der Waals surface area contributed by atoms with Crippen LogP contribution in [0.4, 0.5) is 5.69 Å². The molecule has 0 bridgehead atoms. The van der Waals surface area contributed by atoms with Gasteiger partial charge in [-0.25, -0.2) is 4.98 Å². The number of aromatic amines is 1. The van der Waals surface area contributed by atoms with E-state index in [9.17, 15) is 9.59 Å². The second-order valence-electron chi connectivity index (χ2n) is 5.03. The molecule has 0 aliphatic carbocycles. The van der Waals surface area contributed by atoms with Crippen molar-refractivity contribution in [3.63, 3.8) is 0 Å². The molecule has 0 radical (unpaired) electrons. The van der Waals surface area contributed by atoms with Gasteiger partial charge in [0.1, 0.15) is 5.75 Å². The fraction of sp³-hybridized carbons (Fsp3) is 0.312. The van der Waals surface area contributed by atoms with E-state index in [1.54, 1.807) is 12.1 Å². The predicted octanol–water partition coefficient (Wildman–Crippen LogP) is 3.03. The van der Waals surface area contributed by atoms with Crippen molar-refractivity contribution < 1.29 is 9.53 Å². The number of rotatable bonds is 6. The van der Waals surface area contributed by atoms with Crippen molar-refractivity contribution in [1.82, 2.24) is 9.97 Å². The van der Waals surface area contributed by atoms with Gasteiger partial charge in [0.25, 0.3) is 5.56 Å². The molecule has 1 aromatic heterocycles. The van der Waals surface area contributed by atoms with E-state index < -0.39 is 0 Å². The fourth-order valence-electron chi connectivity index (χ4n) is 1.98. The number of H-pyrrole nitrogens is 1. The van der Waals surface area contributed by atoms with Gasteiger partial charge in [0.15, 0.2) is 5.16 Å². The first-order chi connectivity index (χ1) is 11.4. The second-order valence-corrected chi connectivity index (χ2v) is 6.41. The van der Waals surface area contributed by atoms with Crippen LogP contribution in [0.2, 0.25) is 5.02 Å². The number of aromatic nitrogens is 2. The van der Waals surface area contributed by atoms with Crippen LogP contribution >= 0.6 is 23.4 Å². The number of anilines is 1. The Hall–Kier alpha value is -1.99. The average Bonchev–Trinajstić information content (AvgIpc) is 2.55. The summed E-state index contributed by atoms with van der Waals surface area (Å²) in [6.07, 6.45) is 0.658. The quantitative estimate of drug-likeness (QED) is 0.605. The van der Waals surface area contributed by atoms with E-state index in [1.807, 2.05) is 13.8 Å². The van der Waals surface area contributed by atoms with Gasteiger partial charge in [-0.15, -0.1) is 0 Å². The number of amides is 1. The van der Waals surface area contributed by atoms with Gasteiger partial charge in [0.05, 0.1) is 18.6 Å². The number of hydrogen-bond donors (Lipinski definition) is 2. The van der Waals surface area contributed by atoms with Crippen LogP contribution in [0.5, 0.6) is 5.75 Å². The van der Waals surface area contributed by atoms with E-state index in [0.717, 1.165) is 5.56 Å². The highest BCUT2D eigenvalue weighted by atomic mass is 35.5. The summed E-state index contributed by atoms with van der Waals surface area (Å²) in [7, 11) is 1.51. The molecule has 0 atom stereocenters. The van der Waals surface area contributed by atoms with Crippen LogP contribution in [0.3, 0.4) is 0 Å². The van der Waals surface area contributed by atoms with Crippen LogP contribution in [-0.2, 0) is 11.2 Å². The number of nitrogens with one attached hydrogen (secondary N) is 2. The SMILES string of the molecule is CCc1cc(=O)[nH]c(SCC(=O)Nc2cc(C)c(Cl)cc2OC)n1. The minimum absolute atomic E-state index is 0.112. The number of aryl methyl sites for hydroxylation is 2. The third-order valence-corrected chi connectivity index (χ3v) is 4.51. The zero-order chi connectivity index (χ0) is 17.7. The van der Waals surface area contributed by atoms with Gasteiger partial charge < -0.3 is 15.0 Å². The lowest BCUT2D eigenvalue weighted by atomic mass is 10.2. The van der Waals surface area contributed by atoms with Crippen molar-refractivity contribution in [2.24, 2.45) is 0 Å². The first kappa shape index (κ1) is 18.4. The molecule has 0 fully saturated rings. The normalized spacial score (nSPS) is 10.5. The summed E-state index contributed by atoms with van der Waals surface area (Å²) < 4.78 is 5.23. The monoisotopic (exact) mass is 367 g/mol. The zero-order valence-corrected chi connectivity index (χ0v) is 15.2. The number of carbonyl (C=O) groups excluding carboxylic acids is 1. The van der Waals surface area contributed by atoms with E-state index in [1.165, 1.54) is 24.9 Å². The van der Waals surface area contributed by atoms with E-state index in [4.69, 9.17) is 16.3 Å². The molecule has 128 valence electrons. The number of thioether (sulfide) groups is 1. The van der Waals surface area contributed by atoms with E-state index in [0.29, 0.717) is 33.7 Å². The number of nitrogens with zero attached hydrogens (tertiary/aromatic N) is 1. The molecule has 0 saturated heterocycles. The zero-order valence-electron chi connectivity index (χ0n) is 13.6. The summed E-state index contributed by atoms with van der Waals surface area (Å²) in [6, 6.07) is 4.86. The minimum atomic E-state index is -0.232. The molecule has 24 heavy (non-hydrogen) atoms. The summed E-state index contributed by atoms with van der Waals surface area (Å²) >= 11 is 7.21. The lowest BCUT2D eigenvalue weighted by molar-refractivity contribution is -0.113. The fourth-order valence-corrected chi connectivity index (χ4v) is 2.83. The lowest BCUT2D eigenvalue weighted by Crippen LogP contribution is -2.16. The maximum absolute atomic E-state index is 12.1. The summed E-state index contributed by atoms with van der Waals surface area (Å²) in [4.78, 5) is 30.6. The molecule has 1 amide bonds. The Kier molecular flexibility index (Phi) is 6.28. The minimum Gasteiger partial charge on any atom is -0.495 e. The van der Waals surface area contributed by atoms with Crippen molar-refractivity contribution in [3.8, 4) is 5.75 Å². The van der Waals surface area contributed by atoms with Crippen molar-refractivity contribution >= 4 is 35.0 Å². The Labute approximate surface area is 149 Å². The molecule has 2 N–H and O–H groups in total. The number of methoxy groups -OCH3 is 1. The van der Waals surface area contributed by atoms with E-state index in [2.05, 4.69) is 15.3 Å². The van der Waals surface area contributed by atoms with Crippen LogP contribution in [0, 0.1) is 6.92 Å². The summed E-state index contributed by atoms with van der Waals surface area (Å²) in [5.74, 6) is 0.369. The Bertz CT molecular complexity index is 808. The van der Waals surface area contributed by atoms with Gasteiger partial charge in [-0.1, -0.05) is 30.3 Å². The highest BCUT2D eigenvalue weighted by molar-refractivity contribution is 7.99. The predicted molar refractivity (Wildman–Crippen MR) is 96.3 cm³/mol. The summed E-state index contributed by atoms with van der Waals surface area (Å²) in [6.45, 7) is 3.76. The third kappa shape index (κ3) is 4.75. The van der Waals surface area contributed by atoms with Crippen molar-refractivity contribution in [2.75, 3.05) is 18.2 Å². The van der Waals surface area contributed by atoms with Crippen molar-refractivity contribution in [3.05, 3.63) is 44.8 Å². The molecule has 1 aromatic carbocycles. The molecule has 0 aliphatic heterocycles. The number of benzene rings is 1. The standard InChI is InChI=1S/C16H18ClN3O3S/c1-4-10-6-14(21)20-16(18-10)24-8-15(22)19-12-5-9(2)11(17)7-13(12)23-3/h5-7H,4,8H2,1-3H3,(H,19,22)(H,18,20,21). The van der Waals surface area contributed by atoms with Crippen molar-refractivity contribution in [2.45, 2.75) is 25.4 Å². The van der Waals surface area contributed by atoms with E-state index >= 15 is 0 Å². The average molecular weight is 368 g/mol. The van der Waals surface area contributed by atoms with Crippen molar-refractivity contribution in [1.29, 1.82) is 0 Å². The Balaban J connectivity index is 2.05. The smallest absolute Gasteiger partial charge is 0.251 e. The maximum Gasteiger partial charge on any atom is 0.251 e. The summed E-state index contributed by atoms with van der Waals surface area (Å²) in [5, 5.41) is 3.77. The molecule has 6 nitrogen and oxygen atoms in total. The molecular weight excluding hydrogens is 350 g/mol. The van der Waals surface area contributed by atoms with E-state index in [-0.39, 0.29) is 17.2 Å². The Morgan fingerprint density at radius 2 is 2.17 bits per heavy atom. The molecule has 0 spiro atoms. The van der Waals surface area contributed by atoms with Gasteiger partial charge in [-0.2, -0.15) is 0 Å². The Morgan fingerprint density at radius 3 is 2.83 bits per heavy atom. The first-order valence-corrected chi connectivity index (χ1v) is 8.66. The molecule has 2 aromatic rings. The number of hydrogen-bond acceptors (Lipinski definition) is 5. The van der Waals surface area contributed by atoms with Gasteiger partial charge in [0, 0.05) is 22.8 Å². The highest BCUT2D eigenvalue weighted by Crippen LogP contribution is 2.31. The van der Waals surface area contributed by atoms with Gasteiger partial charge in [0.2, 0.25) is 5.91 Å². The van der Waals surface area contributed by atoms with Crippen LogP contribution in [0.1, 0.15) is 18.2 Å². The molecule has 8 heteroatoms. The van der Waals surface area contributed by atoms with Gasteiger partial charge in [-0.05, 0) is 25.0 Å². The van der Waals surface area contributed by atoms with Crippen LogP contribution < -0.4 is 15.6 Å². The molecule has 2 rings (SSSR count). The summed E-state index contributed by atoms with van der Waals surface area (Å²) in [5.41, 5.74) is 1.85. The first-order valence-electron chi connectivity index (χ1n) is 7.30. The lowest BCUT2D eigenvalue weighted by Gasteiger charge is -2.12.